The van der Waals surface area contributed by atoms with Crippen LogP contribution in [0.1, 0.15) is 18.1 Å². The van der Waals surface area contributed by atoms with Crippen molar-refractivity contribution in [3.05, 3.63) is 41.0 Å². The molecule has 94 valence electrons. The van der Waals surface area contributed by atoms with Crippen molar-refractivity contribution in [3.8, 4) is 6.07 Å². The third-order valence-electron chi connectivity index (χ3n) is 2.38. The molecule has 1 aromatic rings. The Morgan fingerprint density at radius 2 is 1.78 bits per heavy atom. The first-order valence-corrected chi connectivity index (χ1v) is 4.85. The highest BCUT2D eigenvalue weighted by atomic mass is 19.4. The lowest BCUT2D eigenvalue weighted by Gasteiger charge is -2.08. The lowest BCUT2D eigenvalue weighted by Crippen LogP contribution is -2.14. The standard InChI is InChI=1S/C12H9F3N2O/c1-7(10(6-16)11(17)18)8-2-4-9(5-3-8)12(13,14)15/h2-5H,1H3,(H2,17,18)/b10-7-. The highest BCUT2D eigenvalue weighted by Gasteiger charge is 2.30. The van der Waals surface area contributed by atoms with Crippen molar-refractivity contribution in [2.75, 3.05) is 0 Å². The van der Waals surface area contributed by atoms with Gasteiger partial charge in [0, 0.05) is 0 Å². The molecule has 0 saturated heterocycles. The molecule has 0 aromatic heterocycles. The van der Waals surface area contributed by atoms with Crippen molar-refractivity contribution >= 4 is 11.5 Å². The van der Waals surface area contributed by atoms with E-state index in [0.717, 1.165) is 12.1 Å². The quantitative estimate of drug-likeness (QED) is 0.650. The van der Waals surface area contributed by atoms with Gasteiger partial charge in [-0.25, -0.2) is 0 Å². The minimum absolute atomic E-state index is 0.249. The predicted molar refractivity (Wildman–Crippen MR) is 58.8 cm³/mol. The number of benzene rings is 1. The number of alkyl halides is 3. The number of nitriles is 1. The number of halogens is 3. The van der Waals surface area contributed by atoms with Crippen LogP contribution in [0.5, 0.6) is 0 Å². The van der Waals surface area contributed by atoms with E-state index in [0.29, 0.717) is 5.56 Å². The first-order chi connectivity index (χ1) is 8.27. The Balaban J connectivity index is 3.22. The molecule has 0 bridgehead atoms. The fourth-order valence-corrected chi connectivity index (χ4v) is 1.38. The smallest absolute Gasteiger partial charge is 0.365 e. The Labute approximate surface area is 101 Å². The molecule has 6 heteroatoms. The highest BCUT2D eigenvalue weighted by Crippen LogP contribution is 2.30. The fourth-order valence-electron chi connectivity index (χ4n) is 1.38. The average molecular weight is 254 g/mol. The van der Waals surface area contributed by atoms with Crippen molar-refractivity contribution in [2.45, 2.75) is 13.1 Å². The molecule has 0 aliphatic heterocycles. The second-order valence-electron chi connectivity index (χ2n) is 3.55. The van der Waals surface area contributed by atoms with Crippen molar-refractivity contribution in [2.24, 2.45) is 5.73 Å². The second-order valence-corrected chi connectivity index (χ2v) is 3.55. The van der Waals surface area contributed by atoms with Gasteiger partial charge in [0.15, 0.2) is 0 Å². The average Bonchev–Trinajstić information content (AvgIpc) is 2.28. The van der Waals surface area contributed by atoms with Crippen molar-refractivity contribution in [1.29, 1.82) is 5.26 Å². The molecule has 0 heterocycles. The van der Waals surface area contributed by atoms with E-state index in [2.05, 4.69) is 0 Å². The molecule has 18 heavy (non-hydrogen) atoms. The Morgan fingerprint density at radius 3 is 2.11 bits per heavy atom. The number of nitrogens with zero attached hydrogens (tertiary/aromatic N) is 1. The minimum atomic E-state index is -4.42. The third-order valence-corrected chi connectivity index (χ3v) is 2.38. The number of rotatable bonds is 2. The summed E-state index contributed by atoms with van der Waals surface area (Å²) in [6.07, 6.45) is -4.42. The summed E-state index contributed by atoms with van der Waals surface area (Å²) in [5, 5.41) is 8.72. The molecule has 1 aromatic carbocycles. The van der Waals surface area contributed by atoms with E-state index in [-0.39, 0.29) is 11.1 Å². The molecule has 0 fully saturated rings. The SMILES string of the molecule is C/C(=C(\C#N)C(N)=O)c1ccc(C(F)(F)F)cc1. The minimum Gasteiger partial charge on any atom is -0.365 e. The van der Waals surface area contributed by atoms with Crippen LogP contribution in [0.15, 0.2) is 29.8 Å². The van der Waals surface area contributed by atoms with Crippen LogP contribution in [0, 0.1) is 11.3 Å². The zero-order valence-electron chi connectivity index (χ0n) is 9.38. The summed E-state index contributed by atoms with van der Waals surface area (Å²) >= 11 is 0. The summed E-state index contributed by atoms with van der Waals surface area (Å²) in [5.41, 5.74) is 4.52. The van der Waals surface area contributed by atoms with Gasteiger partial charge in [0.05, 0.1) is 5.56 Å². The van der Waals surface area contributed by atoms with Crippen LogP contribution in [-0.2, 0) is 11.0 Å². The Morgan fingerprint density at radius 1 is 1.28 bits per heavy atom. The first kappa shape index (κ1) is 13.8. The Hall–Kier alpha value is -2.29. The van der Waals surface area contributed by atoms with Gasteiger partial charge < -0.3 is 5.73 Å². The number of primary amides is 1. The molecule has 0 spiro atoms. The molecule has 0 radical (unpaired) electrons. The first-order valence-electron chi connectivity index (χ1n) is 4.85. The van der Waals surface area contributed by atoms with Gasteiger partial charge in [-0.2, -0.15) is 18.4 Å². The van der Waals surface area contributed by atoms with Crippen LogP contribution in [0.3, 0.4) is 0 Å². The maximum absolute atomic E-state index is 12.3. The van der Waals surface area contributed by atoms with Crippen LogP contribution in [0.4, 0.5) is 13.2 Å². The number of hydrogen-bond donors (Lipinski definition) is 1. The van der Waals surface area contributed by atoms with Crippen LogP contribution in [0.25, 0.3) is 5.57 Å². The Bertz CT molecular complexity index is 536. The number of allylic oxidation sites excluding steroid dienone is 1. The number of nitrogens with two attached hydrogens (primary N) is 1. The molecule has 1 rings (SSSR count). The van der Waals surface area contributed by atoms with E-state index >= 15 is 0 Å². The Kier molecular flexibility index (Phi) is 3.76. The van der Waals surface area contributed by atoms with Crippen molar-refractivity contribution in [1.82, 2.24) is 0 Å². The lowest BCUT2D eigenvalue weighted by atomic mass is 10.0. The molecule has 2 N–H and O–H groups in total. The monoisotopic (exact) mass is 254 g/mol. The molecule has 0 aliphatic rings. The number of carbonyl (C=O) groups is 1. The van der Waals surface area contributed by atoms with Crippen LogP contribution >= 0.6 is 0 Å². The third kappa shape index (κ3) is 2.88. The number of hydrogen-bond acceptors (Lipinski definition) is 2. The largest absolute Gasteiger partial charge is 0.416 e. The van der Waals surface area contributed by atoms with E-state index in [9.17, 15) is 18.0 Å². The summed E-state index contributed by atoms with van der Waals surface area (Å²) in [4.78, 5) is 10.9. The maximum atomic E-state index is 12.3. The molecule has 0 unspecified atom stereocenters. The fraction of sp³-hybridized carbons (Fsp3) is 0.167. The molecular weight excluding hydrogens is 245 g/mol. The molecule has 0 aliphatic carbocycles. The zero-order chi connectivity index (χ0) is 13.9. The molecule has 1 amide bonds. The van der Waals surface area contributed by atoms with Gasteiger partial charge in [-0.3, -0.25) is 4.79 Å². The van der Waals surface area contributed by atoms with Crippen LogP contribution < -0.4 is 5.73 Å². The topological polar surface area (TPSA) is 66.9 Å². The highest BCUT2D eigenvalue weighted by molar-refractivity contribution is 6.03. The van der Waals surface area contributed by atoms with Gasteiger partial charge in [0.25, 0.3) is 5.91 Å². The van der Waals surface area contributed by atoms with Gasteiger partial charge in [0.2, 0.25) is 0 Å². The van der Waals surface area contributed by atoms with Gasteiger partial charge in [0.1, 0.15) is 11.6 Å². The lowest BCUT2D eigenvalue weighted by molar-refractivity contribution is -0.137. The number of carbonyl (C=O) groups excluding carboxylic acids is 1. The predicted octanol–water partition coefficient (Wildman–Crippen LogP) is 2.49. The zero-order valence-corrected chi connectivity index (χ0v) is 9.38. The van der Waals surface area contributed by atoms with Crippen LogP contribution in [-0.4, -0.2) is 5.91 Å². The molecule has 0 saturated carbocycles. The summed E-state index contributed by atoms with van der Waals surface area (Å²) < 4.78 is 37.0. The summed E-state index contributed by atoms with van der Waals surface area (Å²) in [7, 11) is 0. The molecule has 3 nitrogen and oxygen atoms in total. The summed E-state index contributed by atoms with van der Waals surface area (Å²) in [6.45, 7) is 1.45. The summed E-state index contributed by atoms with van der Waals surface area (Å²) in [5.74, 6) is -0.908. The number of amides is 1. The van der Waals surface area contributed by atoms with Crippen molar-refractivity contribution in [3.63, 3.8) is 0 Å². The van der Waals surface area contributed by atoms with Gasteiger partial charge in [-0.15, -0.1) is 0 Å². The molecule has 0 atom stereocenters. The summed E-state index contributed by atoms with van der Waals surface area (Å²) in [6, 6.07) is 5.78. The van der Waals surface area contributed by atoms with E-state index in [1.54, 1.807) is 6.07 Å². The van der Waals surface area contributed by atoms with E-state index < -0.39 is 17.6 Å². The molecular formula is C12H9F3N2O. The van der Waals surface area contributed by atoms with Gasteiger partial charge in [-0.1, -0.05) is 12.1 Å². The normalized spacial score (nSPS) is 12.6. The van der Waals surface area contributed by atoms with Crippen LogP contribution in [0.2, 0.25) is 0 Å². The second kappa shape index (κ2) is 4.92. The van der Waals surface area contributed by atoms with E-state index in [1.807, 2.05) is 0 Å². The van der Waals surface area contributed by atoms with Gasteiger partial charge >= 0.3 is 6.18 Å². The maximum Gasteiger partial charge on any atom is 0.416 e. The van der Waals surface area contributed by atoms with E-state index in [1.165, 1.54) is 19.1 Å². The van der Waals surface area contributed by atoms with Crippen molar-refractivity contribution < 1.29 is 18.0 Å². The van der Waals surface area contributed by atoms with Gasteiger partial charge in [-0.05, 0) is 30.2 Å². The van der Waals surface area contributed by atoms with E-state index in [4.69, 9.17) is 11.0 Å².